The fraction of sp³-hybridized carbons (Fsp3) is 0.750. The van der Waals surface area contributed by atoms with Gasteiger partial charge in [-0.15, -0.1) is 0 Å². The van der Waals surface area contributed by atoms with Crippen LogP contribution in [0.3, 0.4) is 0 Å². The number of carbonyl (C=O) groups is 1. The highest BCUT2D eigenvalue weighted by atomic mass is 16.2. The fourth-order valence-corrected chi connectivity index (χ4v) is 0.852. The highest BCUT2D eigenvalue weighted by molar-refractivity contribution is 5.73. The summed E-state index contributed by atoms with van der Waals surface area (Å²) in [6, 6.07) is 2.09. The Kier molecular flexibility index (Phi) is 4.28. The molecule has 1 amide bonds. The molecule has 0 radical (unpaired) electrons. The summed E-state index contributed by atoms with van der Waals surface area (Å²) in [5.41, 5.74) is 0. The van der Waals surface area contributed by atoms with E-state index in [0.29, 0.717) is 13.1 Å². The van der Waals surface area contributed by atoms with Gasteiger partial charge in [0.15, 0.2) is 0 Å². The van der Waals surface area contributed by atoms with Crippen LogP contribution in [0.25, 0.3) is 0 Å². The lowest BCUT2D eigenvalue weighted by atomic mass is 10.2. The summed E-state index contributed by atoms with van der Waals surface area (Å²) in [7, 11) is 0. The number of rotatable bonds is 3. The molecule has 0 aliphatic rings. The lowest BCUT2D eigenvalue weighted by Gasteiger charge is -2.19. The summed E-state index contributed by atoms with van der Waals surface area (Å²) in [6.07, 6.45) is 0. The summed E-state index contributed by atoms with van der Waals surface area (Å²) in [4.78, 5) is 12.5. The quantitative estimate of drug-likeness (QED) is 0.609. The summed E-state index contributed by atoms with van der Waals surface area (Å²) in [5.74, 6) is -0.0338. The van der Waals surface area contributed by atoms with Crippen LogP contribution in [0.5, 0.6) is 0 Å². The second-order valence-corrected chi connectivity index (χ2v) is 2.59. The van der Waals surface area contributed by atoms with Gasteiger partial charge in [0.05, 0.1) is 12.0 Å². The third kappa shape index (κ3) is 3.61. The Morgan fingerprint density at radius 1 is 1.73 bits per heavy atom. The van der Waals surface area contributed by atoms with Crippen LogP contribution < -0.4 is 0 Å². The molecule has 0 aromatic rings. The average molecular weight is 154 g/mol. The topological polar surface area (TPSA) is 44.1 Å². The van der Waals surface area contributed by atoms with Gasteiger partial charge in [-0.25, -0.2) is 0 Å². The first-order valence-electron chi connectivity index (χ1n) is 3.77. The van der Waals surface area contributed by atoms with Crippen molar-refractivity contribution in [3.8, 4) is 6.07 Å². The molecule has 0 aliphatic heterocycles. The molecule has 0 saturated heterocycles. The normalized spacial score (nSPS) is 11.8. The molecule has 0 spiro atoms. The fourth-order valence-electron chi connectivity index (χ4n) is 0.852. The molecule has 0 fully saturated rings. The highest BCUT2D eigenvalue weighted by Gasteiger charge is 2.09. The SMILES string of the molecule is CCN(CC(C)C#N)C(C)=O. The van der Waals surface area contributed by atoms with Crippen molar-refractivity contribution in [3.05, 3.63) is 0 Å². The zero-order chi connectivity index (χ0) is 8.85. The minimum Gasteiger partial charge on any atom is -0.342 e. The number of nitriles is 1. The van der Waals surface area contributed by atoms with Crippen molar-refractivity contribution >= 4 is 5.91 Å². The Balaban J connectivity index is 3.90. The van der Waals surface area contributed by atoms with Gasteiger partial charge in [0.25, 0.3) is 0 Å². The minimum absolute atomic E-state index is 0.0367. The largest absolute Gasteiger partial charge is 0.342 e. The van der Waals surface area contributed by atoms with Gasteiger partial charge < -0.3 is 4.90 Å². The number of nitrogens with zero attached hydrogens (tertiary/aromatic N) is 2. The monoisotopic (exact) mass is 154 g/mol. The van der Waals surface area contributed by atoms with E-state index in [4.69, 9.17) is 5.26 Å². The van der Waals surface area contributed by atoms with Crippen molar-refractivity contribution in [1.82, 2.24) is 4.90 Å². The molecule has 0 N–H and O–H groups in total. The molecule has 1 unspecified atom stereocenters. The summed E-state index contributed by atoms with van der Waals surface area (Å²) in [6.45, 7) is 6.47. The second-order valence-electron chi connectivity index (χ2n) is 2.59. The molecule has 0 aliphatic carbocycles. The number of carbonyl (C=O) groups excluding carboxylic acids is 1. The lowest BCUT2D eigenvalue weighted by molar-refractivity contribution is -0.128. The van der Waals surface area contributed by atoms with E-state index >= 15 is 0 Å². The summed E-state index contributed by atoms with van der Waals surface area (Å²) in [5, 5.41) is 8.47. The standard InChI is InChI=1S/C8H14N2O/c1-4-10(8(3)11)6-7(2)5-9/h7H,4,6H2,1-3H3. The second kappa shape index (κ2) is 4.73. The Morgan fingerprint density at radius 2 is 2.27 bits per heavy atom. The van der Waals surface area contributed by atoms with E-state index in [2.05, 4.69) is 6.07 Å². The number of hydrogen-bond acceptors (Lipinski definition) is 2. The van der Waals surface area contributed by atoms with Gasteiger partial charge in [0, 0.05) is 20.0 Å². The van der Waals surface area contributed by atoms with Crippen LogP contribution in [0.2, 0.25) is 0 Å². The molecule has 3 nitrogen and oxygen atoms in total. The van der Waals surface area contributed by atoms with Gasteiger partial charge in [-0.1, -0.05) is 0 Å². The highest BCUT2D eigenvalue weighted by Crippen LogP contribution is 1.97. The molecule has 0 bridgehead atoms. The van der Waals surface area contributed by atoms with Crippen molar-refractivity contribution in [1.29, 1.82) is 5.26 Å². The van der Waals surface area contributed by atoms with Crippen molar-refractivity contribution in [3.63, 3.8) is 0 Å². The molecule has 11 heavy (non-hydrogen) atoms. The Hall–Kier alpha value is -1.04. The van der Waals surface area contributed by atoms with Crippen LogP contribution in [0.1, 0.15) is 20.8 Å². The van der Waals surface area contributed by atoms with E-state index in [0.717, 1.165) is 0 Å². The molecule has 0 saturated carbocycles. The van der Waals surface area contributed by atoms with Crippen LogP contribution in [0, 0.1) is 17.2 Å². The smallest absolute Gasteiger partial charge is 0.219 e. The summed E-state index contributed by atoms with van der Waals surface area (Å²) >= 11 is 0. The molecule has 0 aromatic heterocycles. The number of hydrogen-bond donors (Lipinski definition) is 0. The average Bonchev–Trinajstić information content (AvgIpc) is 1.99. The van der Waals surface area contributed by atoms with Crippen molar-refractivity contribution in [2.75, 3.05) is 13.1 Å². The first-order valence-corrected chi connectivity index (χ1v) is 3.77. The molecule has 0 aromatic carbocycles. The Morgan fingerprint density at radius 3 is 2.55 bits per heavy atom. The number of amides is 1. The van der Waals surface area contributed by atoms with Gasteiger partial charge >= 0.3 is 0 Å². The molecule has 0 rings (SSSR count). The summed E-state index contributed by atoms with van der Waals surface area (Å²) < 4.78 is 0. The van der Waals surface area contributed by atoms with E-state index < -0.39 is 0 Å². The van der Waals surface area contributed by atoms with Crippen molar-refractivity contribution in [2.45, 2.75) is 20.8 Å². The Bertz CT molecular complexity index is 171. The van der Waals surface area contributed by atoms with Crippen LogP contribution in [-0.4, -0.2) is 23.9 Å². The van der Waals surface area contributed by atoms with Gasteiger partial charge in [-0.2, -0.15) is 5.26 Å². The maximum absolute atomic E-state index is 10.8. The predicted molar refractivity (Wildman–Crippen MR) is 42.7 cm³/mol. The van der Waals surface area contributed by atoms with Gasteiger partial charge in [0.2, 0.25) is 5.91 Å². The molecular formula is C8H14N2O. The van der Waals surface area contributed by atoms with Gasteiger partial charge in [-0.3, -0.25) is 4.79 Å². The third-order valence-electron chi connectivity index (χ3n) is 1.54. The first-order chi connectivity index (χ1) is 5.11. The zero-order valence-corrected chi connectivity index (χ0v) is 7.29. The van der Waals surface area contributed by atoms with E-state index in [9.17, 15) is 4.79 Å². The van der Waals surface area contributed by atoms with E-state index in [1.807, 2.05) is 13.8 Å². The van der Waals surface area contributed by atoms with E-state index in [1.165, 1.54) is 6.92 Å². The maximum Gasteiger partial charge on any atom is 0.219 e. The first kappa shape index (κ1) is 9.96. The van der Waals surface area contributed by atoms with E-state index in [-0.39, 0.29) is 11.8 Å². The third-order valence-corrected chi connectivity index (χ3v) is 1.54. The Labute approximate surface area is 67.6 Å². The van der Waals surface area contributed by atoms with Gasteiger partial charge in [0.1, 0.15) is 0 Å². The van der Waals surface area contributed by atoms with Crippen LogP contribution in [0.15, 0.2) is 0 Å². The van der Waals surface area contributed by atoms with Crippen molar-refractivity contribution in [2.24, 2.45) is 5.92 Å². The van der Waals surface area contributed by atoms with Crippen LogP contribution in [-0.2, 0) is 4.79 Å². The molecular weight excluding hydrogens is 140 g/mol. The van der Waals surface area contributed by atoms with Gasteiger partial charge in [-0.05, 0) is 13.8 Å². The van der Waals surface area contributed by atoms with Crippen LogP contribution in [0.4, 0.5) is 0 Å². The zero-order valence-electron chi connectivity index (χ0n) is 7.29. The van der Waals surface area contributed by atoms with Crippen LogP contribution >= 0.6 is 0 Å². The maximum atomic E-state index is 10.8. The van der Waals surface area contributed by atoms with Crippen molar-refractivity contribution < 1.29 is 4.79 Å². The minimum atomic E-state index is -0.0705. The molecule has 0 heterocycles. The lowest BCUT2D eigenvalue weighted by Crippen LogP contribution is -2.32. The van der Waals surface area contributed by atoms with E-state index in [1.54, 1.807) is 4.90 Å². The molecule has 62 valence electrons. The molecule has 1 atom stereocenters. The predicted octanol–water partition coefficient (Wildman–Crippen LogP) is 1.01. The molecule has 3 heteroatoms.